The summed E-state index contributed by atoms with van der Waals surface area (Å²) >= 11 is 0. The van der Waals surface area contributed by atoms with Crippen LogP contribution in [0.3, 0.4) is 0 Å². The molecule has 2 aromatic rings. The van der Waals surface area contributed by atoms with Crippen molar-refractivity contribution in [3.63, 3.8) is 0 Å². The summed E-state index contributed by atoms with van der Waals surface area (Å²) in [7, 11) is 0. The molecule has 0 bridgehead atoms. The first kappa shape index (κ1) is 28.2. The molecule has 2 aliphatic rings. The summed E-state index contributed by atoms with van der Waals surface area (Å²) in [5.74, 6) is -2.09. The van der Waals surface area contributed by atoms with E-state index in [-0.39, 0.29) is 30.2 Å². The zero-order valence-corrected chi connectivity index (χ0v) is 23.0. The highest BCUT2D eigenvalue weighted by molar-refractivity contribution is 5.93. The Hall–Kier alpha value is -3.83. The molecule has 2 atom stereocenters. The lowest BCUT2D eigenvalue weighted by atomic mass is 10.1. The number of carboxylic acid groups (broad SMARTS) is 1. The van der Waals surface area contributed by atoms with Gasteiger partial charge in [0.2, 0.25) is 5.43 Å². The number of ether oxygens (including phenoxy) is 2. The number of fused-ring (bicyclic) bond motifs is 1. The number of aromatic carboxylic acids is 1. The summed E-state index contributed by atoms with van der Waals surface area (Å²) in [6.07, 6.45) is 1.58. The minimum atomic E-state index is -1.37. The molecule has 1 aromatic carbocycles. The van der Waals surface area contributed by atoms with Crippen LogP contribution in [0, 0.1) is 5.82 Å². The molecule has 0 radical (unpaired) electrons. The molecular formula is C27H35FN4O7. The van der Waals surface area contributed by atoms with Gasteiger partial charge in [0.05, 0.1) is 23.3 Å². The number of carbonyl (C=O) groups is 3. The molecule has 1 saturated carbocycles. The number of hydrogen-bond donors (Lipinski definition) is 3. The van der Waals surface area contributed by atoms with Gasteiger partial charge in [-0.2, -0.15) is 0 Å². The van der Waals surface area contributed by atoms with E-state index >= 15 is 4.39 Å². The highest BCUT2D eigenvalue weighted by Crippen LogP contribution is 2.38. The number of carboxylic acids is 1. The molecule has 39 heavy (non-hydrogen) atoms. The van der Waals surface area contributed by atoms with Crippen LogP contribution >= 0.6 is 0 Å². The fourth-order valence-electron chi connectivity index (χ4n) is 4.62. The van der Waals surface area contributed by atoms with Crippen molar-refractivity contribution in [2.45, 2.75) is 83.7 Å². The molecule has 3 N–H and O–H groups in total. The number of nitrogens with zero attached hydrogens (tertiary/aromatic N) is 2. The van der Waals surface area contributed by atoms with Crippen molar-refractivity contribution in [2.24, 2.45) is 0 Å². The number of hydrogen-bond acceptors (Lipinski definition) is 7. The lowest BCUT2D eigenvalue weighted by Gasteiger charge is -2.26. The van der Waals surface area contributed by atoms with E-state index in [1.165, 1.54) is 12.3 Å². The third-order valence-electron chi connectivity index (χ3n) is 6.34. The van der Waals surface area contributed by atoms with Crippen molar-refractivity contribution < 1.29 is 33.4 Å². The normalized spacial score (nSPS) is 19.6. The molecule has 1 aliphatic carbocycles. The molecule has 1 saturated heterocycles. The predicted molar refractivity (Wildman–Crippen MR) is 142 cm³/mol. The molecule has 2 amide bonds. The molecule has 4 rings (SSSR count). The third-order valence-corrected chi connectivity index (χ3v) is 6.34. The van der Waals surface area contributed by atoms with Crippen LogP contribution in [0.1, 0.15) is 70.8 Å². The van der Waals surface area contributed by atoms with E-state index in [2.05, 4.69) is 10.6 Å². The Morgan fingerprint density at radius 1 is 0.949 bits per heavy atom. The Balaban J connectivity index is 1.69. The number of halogens is 1. The van der Waals surface area contributed by atoms with Crippen LogP contribution in [-0.2, 0) is 9.47 Å². The Bertz CT molecular complexity index is 1330. The molecule has 11 nitrogen and oxygen atoms in total. The maximum Gasteiger partial charge on any atom is 0.408 e. The number of nitrogens with one attached hydrogen (secondary N) is 2. The zero-order chi connectivity index (χ0) is 28.9. The average molecular weight is 547 g/mol. The number of alkyl carbamates (subject to hydrolysis) is 2. The molecular weight excluding hydrogens is 511 g/mol. The Morgan fingerprint density at radius 2 is 1.46 bits per heavy atom. The molecule has 0 spiro atoms. The van der Waals surface area contributed by atoms with Crippen molar-refractivity contribution >= 4 is 34.7 Å². The summed E-state index contributed by atoms with van der Waals surface area (Å²) in [4.78, 5) is 51.2. The van der Waals surface area contributed by atoms with E-state index in [9.17, 15) is 24.3 Å². The second-order valence-electron chi connectivity index (χ2n) is 12.0. The van der Waals surface area contributed by atoms with Gasteiger partial charge in [-0.15, -0.1) is 0 Å². The van der Waals surface area contributed by atoms with E-state index in [0.717, 1.165) is 18.9 Å². The fraction of sp³-hybridized carbons (Fsp3) is 0.556. The van der Waals surface area contributed by atoms with Crippen LogP contribution in [0.4, 0.5) is 19.7 Å². The van der Waals surface area contributed by atoms with Crippen LogP contribution in [-0.4, -0.2) is 64.2 Å². The van der Waals surface area contributed by atoms with Crippen LogP contribution in [0.5, 0.6) is 0 Å². The Kier molecular flexibility index (Phi) is 7.26. The number of rotatable bonds is 5. The number of anilines is 1. The average Bonchev–Trinajstić information content (AvgIpc) is 3.54. The molecule has 1 aliphatic heterocycles. The lowest BCUT2D eigenvalue weighted by Crippen LogP contribution is -2.52. The second-order valence-corrected chi connectivity index (χ2v) is 12.0. The summed E-state index contributed by atoms with van der Waals surface area (Å²) in [5.41, 5.74) is -2.08. The van der Waals surface area contributed by atoms with E-state index in [1.807, 2.05) is 0 Å². The lowest BCUT2D eigenvalue weighted by molar-refractivity contribution is 0.0447. The monoisotopic (exact) mass is 546 g/mol. The summed E-state index contributed by atoms with van der Waals surface area (Å²) in [5, 5.41) is 15.0. The topological polar surface area (TPSA) is 139 Å². The van der Waals surface area contributed by atoms with Gasteiger partial charge in [0.25, 0.3) is 0 Å². The van der Waals surface area contributed by atoms with Gasteiger partial charge in [-0.05, 0) is 66.5 Å². The van der Waals surface area contributed by atoms with E-state index in [4.69, 9.17) is 9.47 Å². The third kappa shape index (κ3) is 6.61. The first-order valence-corrected chi connectivity index (χ1v) is 12.9. The molecule has 2 fully saturated rings. The Morgan fingerprint density at radius 3 is 1.90 bits per heavy atom. The maximum atomic E-state index is 15.5. The number of pyridine rings is 1. The van der Waals surface area contributed by atoms with Gasteiger partial charge >= 0.3 is 18.2 Å². The summed E-state index contributed by atoms with van der Waals surface area (Å²) < 4.78 is 28.0. The van der Waals surface area contributed by atoms with E-state index in [1.54, 1.807) is 51.0 Å². The summed E-state index contributed by atoms with van der Waals surface area (Å²) in [6, 6.07) is 1.30. The van der Waals surface area contributed by atoms with Gasteiger partial charge in [-0.3, -0.25) is 4.79 Å². The minimum absolute atomic E-state index is 0.0193. The summed E-state index contributed by atoms with van der Waals surface area (Å²) in [6.45, 7) is 10.6. The first-order valence-electron chi connectivity index (χ1n) is 12.9. The van der Waals surface area contributed by atoms with Crippen LogP contribution in [0.2, 0.25) is 0 Å². The van der Waals surface area contributed by atoms with Crippen molar-refractivity contribution in [1.29, 1.82) is 0 Å². The predicted octanol–water partition coefficient (Wildman–Crippen LogP) is 3.78. The number of carbonyl (C=O) groups excluding carboxylic acids is 2. The van der Waals surface area contributed by atoms with Crippen LogP contribution in [0.25, 0.3) is 10.9 Å². The smallest absolute Gasteiger partial charge is 0.408 e. The van der Waals surface area contributed by atoms with Crippen molar-refractivity contribution in [1.82, 2.24) is 15.2 Å². The number of amides is 2. The maximum absolute atomic E-state index is 15.5. The number of aromatic nitrogens is 1. The molecule has 1 aromatic heterocycles. The quantitative estimate of drug-likeness (QED) is 0.515. The Labute approximate surface area is 225 Å². The molecule has 12 heteroatoms. The van der Waals surface area contributed by atoms with Crippen molar-refractivity contribution in [2.75, 3.05) is 18.0 Å². The second kappa shape index (κ2) is 10.0. The zero-order valence-electron chi connectivity index (χ0n) is 23.0. The minimum Gasteiger partial charge on any atom is -0.477 e. The van der Waals surface area contributed by atoms with Gasteiger partial charge in [-0.25, -0.2) is 18.8 Å². The fourth-order valence-corrected chi connectivity index (χ4v) is 4.62. The van der Waals surface area contributed by atoms with Crippen LogP contribution < -0.4 is 21.0 Å². The highest BCUT2D eigenvalue weighted by atomic mass is 19.1. The first-order chi connectivity index (χ1) is 18.0. The van der Waals surface area contributed by atoms with E-state index in [0.29, 0.717) is 5.52 Å². The molecule has 212 valence electrons. The number of benzene rings is 1. The standard InChI is InChI=1S/C27H35FN4O7/c1-26(2,3)38-24(36)29-18-12-31(13-19(18)30-25(37)39-27(4,5)6)21-10-20-15(9-17(21)28)22(33)16(23(34)35)11-32(20)14-7-8-14/h9-11,14,18-19H,7-8,12-13H2,1-6H3,(H,29,36)(H,30,37)(H,34,35)/t18-,19-/m1/s1. The van der Waals surface area contributed by atoms with Gasteiger partial charge in [0, 0.05) is 30.7 Å². The van der Waals surface area contributed by atoms with E-state index < -0.39 is 58.3 Å². The van der Waals surface area contributed by atoms with Gasteiger partial charge < -0.3 is 34.7 Å². The van der Waals surface area contributed by atoms with Crippen molar-refractivity contribution in [3.05, 3.63) is 39.9 Å². The van der Waals surface area contributed by atoms with Crippen molar-refractivity contribution in [3.8, 4) is 0 Å². The van der Waals surface area contributed by atoms with Gasteiger partial charge in [0.1, 0.15) is 22.6 Å². The largest absolute Gasteiger partial charge is 0.477 e. The molecule has 0 unspecified atom stereocenters. The van der Waals surface area contributed by atoms with Crippen LogP contribution in [0.15, 0.2) is 23.1 Å². The van der Waals surface area contributed by atoms with Gasteiger partial charge in [0.15, 0.2) is 0 Å². The highest BCUT2D eigenvalue weighted by Gasteiger charge is 2.38. The van der Waals surface area contributed by atoms with Gasteiger partial charge in [-0.1, -0.05) is 0 Å². The SMILES string of the molecule is CC(C)(C)OC(=O)N[C@@H]1CN(c2cc3c(cc2F)c(=O)c(C(=O)O)cn3C2CC2)C[C@H]1NC(=O)OC(C)(C)C. The molecule has 2 heterocycles.